The van der Waals surface area contributed by atoms with Gasteiger partial charge in [0.05, 0.1) is 11.8 Å². The molecule has 0 bridgehead atoms. The molecule has 2 heterocycles. The van der Waals surface area contributed by atoms with Crippen LogP contribution in [0.3, 0.4) is 0 Å². The van der Waals surface area contributed by atoms with Crippen molar-refractivity contribution in [2.24, 2.45) is 0 Å². The minimum atomic E-state index is -2.18. The molecule has 14 heteroatoms. The molecule has 0 saturated carbocycles. The highest BCUT2D eigenvalue weighted by Crippen LogP contribution is 2.33. The van der Waals surface area contributed by atoms with Crippen molar-refractivity contribution in [3.05, 3.63) is 211 Å². The highest BCUT2D eigenvalue weighted by atomic mass is 35.5. The Balaban J connectivity index is 0.706. The monoisotopic (exact) mass is 995 g/mol. The van der Waals surface area contributed by atoms with Crippen molar-refractivity contribution in [3.8, 4) is 22.8 Å². The zero-order valence-corrected chi connectivity index (χ0v) is 42.4. The van der Waals surface area contributed by atoms with E-state index in [1.807, 2.05) is 84.9 Å². The second-order valence-electron chi connectivity index (χ2n) is 17.7. The Bertz CT molecular complexity index is 2780. The van der Waals surface area contributed by atoms with E-state index in [-0.39, 0.29) is 11.8 Å². The molecule has 2 N–H and O–H groups in total. The van der Waals surface area contributed by atoms with Gasteiger partial charge in [-0.1, -0.05) is 143 Å². The molecule has 360 valence electrons. The van der Waals surface area contributed by atoms with Crippen LogP contribution in [-0.4, -0.2) is 46.6 Å². The van der Waals surface area contributed by atoms with Crippen molar-refractivity contribution in [3.63, 3.8) is 0 Å². The summed E-state index contributed by atoms with van der Waals surface area (Å²) in [5.74, 6) is 1.88. The first-order valence-electron chi connectivity index (χ1n) is 23.7. The van der Waals surface area contributed by atoms with Gasteiger partial charge in [-0.05, 0) is 146 Å². The average Bonchev–Trinajstić information content (AvgIpc) is 4.06. The van der Waals surface area contributed by atoms with E-state index in [2.05, 4.69) is 97.2 Å². The third kappa shape index (κ3) is 14.1. The summed E-state index contributed by atoms with van der Waals surface area (Å²) in [6.07, 6.45) is 2.79. The van der Waals surface area contributed by atoms with Crippen LogP contribution in [0.25, 0.3) is 22.8 Å². The van der Waals surface area contributed by atoms with E-state index in [0.29, 0.717) is 98.6 Å². The van der Waals surface area contributed by atoms with Crippen molar-refractivity contribution in [1.82, 2.24) is 30.9 Å². The largest absolute Gasteiger partial charge is 0.697 e. The Morgan fingerprint density at radius 2 is 0.943 bits per heavy atom. The molecule has 0 saturated heterocycles. The predicted octanol–water partition coefficient (Wildman–Crippen LogP) is 13.4. The van der Waals surface area contributed by atoms with Crippen molar-refractivity contribution >= 4 is 31.5 Å². The van der Waals surface area contributed by atoms with Crippen molar-refractivity contribution in [2.75, 3.05) is 26.3 Å². The summed E-state index contributed by atoms with van der Waals surface area (Å²) in [7, 11) is -2.18. The number of benzene rings is 6. The molecule has 0 amide bonds. The van der Waals surface area contributed by atoms with Gasteiger partial charge in [-0.15, -0.1) is 9.05 Å². The van der Waals surface area contributed by atoms with Gasteiger partial charge in [-0.2, -0.15) is 9.97 Å². The predicted molar refractivity (Wildman–Crippen MR) is 277 cm³/mol. The number of aromatic nitrogens is 4. The smallest absolute Gasteiger partial charge is 0.338 e. The van der Waals surface area contributed by atoms with E-state index in [1.54, 1.807) is 0 Å². The molecule has 0 radical (unpaired) electrons. The van der Waals surface area contributed by atoms with E-state index in [0.717, 1.165) is 33.4 Å². The van der Waals surface area contributed by atoms with Gasteiger partial charge in [0.2, 0.25) is 23.4 Å². The molecule has 70 heavy (non-hydrogen) atoms. The van der Waals surface area contributed by atoms with Crippen LogP contribution in [-0.2, 0) is 39.5 Å². The summed E-state index contributed by atoms with van der Waals surface area (Å²) in [5.41, 5.74) is 13.4. The molecular formula is C56H58Cl2N6O5P+. The van der Waals surface area contributed by atoms with Crippen LogP contribution in [0, 0.1) is 27.7 Å². The number of nitrogens with zero attached hydrogens (tertiary/aromatic N) is 4. The summed E-state index contributed by atoms with van der Waals surface area (Å²) < 4.78 is 34.9. The van der Waals surface area contributed by atoms with Gasteiger partial charge in [0.1, 0.15) is 13.2 Å². The second-order valence-corrected chi connectivity index (χ2v) is 19.6. The first kappa shape index (κ1) is 50.5. The molecule has 0 aliphatic rings. The van der Waals surface area contributed by atoms with Gasteiger partial charge in [-0.25, -0.2) is 0 Å². The van der Waals surface area contributed by atoms with Gasteiger partial charge >= 0.3 is 8.25 Å². The summed E-state index contributed by atoms with van der Waals surface area (Å²) in [5, 5.41) is 16.9. The van der Waals surface area contributed by atoms with Gasteiger partial charge in [0.15, 0.2) is 0 Å². The SMILES string of the molecule is Cc1ccc(CC(c2cccc(Cl)c2)c2nc(-c3ccc(CNCCCO[P+](=O)OCCCNCc4ccc(-c5noc(C(Cc6ccc(C)c(C)c6)c6cccc(Cl)c6)n5)cc4)cc3)no2)cc1C. The van der Waals surface area contributed by atoms with Crippen LogP contribution < -0.4 is 10.6 Å². The molecule has 2 atom stereocenters. The van der Waals surface area contributed by atoms with E-state index in [9.17, 15) is 4.57 Å². The van der Waals surface area contributed by atoms with Gasteiger partial charge in [-0.3, -0.25) is 0 Å². The standard InChI is InChI=1S/C56H58Cl2N6O5P/c1-37-13-15-43(29-39(37)3)31-51(47-9-5-11-49(57)33-47)55-61-53(63-68-55)45-21-17-41(18-22-45)35-59-25-7-27-66-70(65)67-28-8-26-60-36-42-19-23-46(24-20-42)54-62-56(69-64-54)52(48-10-6-12-50(58)34-48)32-44-16-14-38(2)40(4)30-44/h5-6,9-24,29-30,33-34,51-52,59-60H,7-8,25-28,31-32,35-36H2,1-4H3/q+1. The molecule has 0 aliphatic carbocycles. The molecular weight excluding hydrogens is 939 g/mol. The fourth-order valence-corrected chi connectivity index (χ4v) is 9.21. The Labute approximate surface area is 421 Å². The van der Waals surface area contributed by atoms with Gasteiger partial charge < -0.3 is 19.7 Å². The number of nitrogens with one attached hydrogen (secondary N) is 2. The Morgan fingerprint density at radius 1 is 0.529 bits per heavy atom. The number of rotatable bonds is 24. The van der Waals surface area contributed by atoms with E-state index in [4.69, 9.17) is 51.3 Å². The van der Waals surface area contributed by atoms with Crippen molar-refractivity contribution in [1.29, 1.82) is 0 Å². The van der Waals surface area contributed by atoms with Crippen LogP contribution in [0.1, 0.15) is 92.1 Å². The fraction of sp³-hybridized carbons (Fsp3) is 0.286. The summed E-state index contributed by atoms with van der Waals surface area (Å²) in [4.78, 5) is 9.68. The maximum Gasteiger partial charge on any atom is 0.697 e. The quantitative estimate of drug-likeness (QED) is 0.0442. The zero-order valence-electron chi connectivity index (χ0n) is 40.0. The third-order valence-corrected chi connectivity index (χ3v) is 13.7. The van der Waals surface area contributed by atoms with E-state index in [1.165, 1.54) is 33.4 Å². The number of halogens is 2. The summed E-state index contributed by atoms with van der Waals surface area (Å²) in [6.45, 7) is 11.9. The summed E-state index contributed by atoms with van der Waals surface area (Å²) >= 11 is 12.8. The lowest BCUT2D eigenvalue weighted by Gasteiger charge is -2.15. The fourth-order valence-electron chi connectivity index (χ4n) is 8.18. The Hall–Kier alpha value is -5.88. The molecule has 0 spiro atoms. The van der Waals surface area contributed by atoms with Gasteiger partial charge in [0.25, 0.3) is 0 Å². The maximum atomic E-state index is 12.3. The molecule has 0 aliphatic heterocycles. The molecule has 8 aromatic rings. The maximum absolute atomic E-state index is 12.3. The van der Waals surface area contributed by atoms with Crippen LogP contribution in [0.5, 0.6) is 0 Å². The highest BCUT2D eigenvalue weighted by molar-refractivity contribution is 7.33. The molecule has 0 fully saturated rings. The minimum absolute atomic E-state index is 0.146. The second kappa shape index (κ2) is 24.8. The Kier molecular flexibility index (Phi) is 17.9. The number of hydrogen-bond acceptors (Lipinski definition) is 11. The third-order valence-electron chi connectivity index (χ3n) is 12.5. The minimum Gasteiger partial charge on any atom is -0.338 e. The lowest BCUT2D eigenvalue weighted by atomic mass is 9.90. The Morgan fingerprint density at radius 3 is 1.34 bits per heavy atom. The molecule has 8 rings (SSSR count). The van der Waals surface area contributed by atoms with Gasteiger partial charge in [0, 0.05) is 38.8 Å². The summed E-state index contributed by atoms with van der Waals surface area (Å²) in [6, 6.07) is 44.9. The molecule has 6 aromatic carbocycles. The topological polar surface area (TPSA) is 137 Å². The number of hydrogen-bond donors (Lipinski definition) is 2. The van der Waals surface area contributed by atoms with Crippen LogP contribution >= 0.6 is 31.5 Å². The number of aryl methyl sites for hydroxylation is 4. The first-order valence-corrected chi connectivity index (χ1v) is 25.5. The average molecular weight is 997 g/mol. The van der Waals surface area contributed by atoms with Crippen molar-refractivity contribution in [2.45, 2.75) is 78.3 Å². The van der Waals surface area contributed by atoms with Crippen LogP contribution in [0.4, 0.5) is 0 Å². The molecule has 2 unspecified atom stereocenters. The normalized spacial score (nSPS) is 12.6. The van der Waals surface area contributed by atoms with Crippen molar-refractivity contribution < 1.29 is 22.7 Å². The lowest BCUT2D eigenvalue weighted by Crippen LogP contribution is -2.16. The lowest BCUT2D eigenvalue weighted by molar-refractivity contribution is 0.220. The van der Waals surface area contributed by atoms with Crippen LogP contribution in [0.2, 0.25) is 10.0 Å². The zero-order chi connectivity index (χ0) is 48.8. The molecule has 2 aromatic heterocycles. The van der Waals surface area contributed by atoms with E-state index >= 15 is 0 Å². The first-order chi connectivity index (χ1) is 34.0. The molecule has 11 nitrogen and oxygen atoms in total. The highest BCUT2D eigenvalue weighted by Gasteiger charge is 2.25. The van der Waals surface area contributed by atoms with Crippen LogP contribution in [0.15, 0.2) is 143 Å². The van der Waals surface area contributed by atoms with E-state index < -0.39 is 8.25 Å².